The zero-order chi connectivity index (χ0) is 19.1. The number of hydrogen-bond acceptors (Lipinski definition) is 5. The number of hydrogen-bond donors (Lipinski definition) is 3. The lowest BCUT2D eigenvalue weighted by molar-refractivity contribution is -0.00419. The summed E-state index contributed by atoms with van der Waals surface area (Å²) in [7, 11) is 0. The molecule has 3 aromatic rings. The molecule has 3 unspecified atom stereocenters. The highest BCUT2D eigenvalue weighted by atomic mass is 35.5. The average molecular weight is 409 g/mol. The summed E-state index contributed by atoms with van der Waals surface area (Å²) in [5.41, 5.74) is 1.19. The zero-order valence-electron chi connectivity index (χ0n) is 14.2. The highest BCUT2D eigenvalue weighted by Crippen LogP contribution is 2.42. The van der Waals surface area contributed by atoms with Crippen molar-refractivity contribution in [1.82, 2.24) is 9.55 Å². The number of imidazole rings is 1. The Labute approximate surface area is 165 Å². The van der Waals surface area contributed by atoms with E-state index in [0.29, 0.717) is 33.2 Å². The van der Waals surface area contributed by atoms with Crippen molar-refractivity contribution in [2.24, 2.45) is 5.92 Å². The summed E-state index contributed by atoms with van der Waals surface area (Å²) in [6.07, 6.45) is -1.74. The summed E-state index contributed by atoms with van der Waals surface area (Å²) in [5, 5.41) is 31.0. The third kappa shape index (κ3) is 3.28. The van der Waals surface area contributed by atoms with Gasteiger partial charge in [0.2, 0.25) is 0 Å². The molecule has 0 saturated heterocycles. The van der Waals surface area contributed by atoms with E-state index in [1.54, 1.807) is 28.8 Å². The fraction of sp³-hybridized carbons (Fsp3) is 0.316. The maximum Gasteiger partial charge on any atom is 0.303 e. The number of para-hydroxylation sites is 1. The Balaban J connectivity index is 1.86. The average Bonchev–Trinajstić information content (AvgIpc) is 3.13. The van der Waals surface area contributed by atoms with E-state index in [2.05, 4.69) is 4.98 Å². The maximum atomic E-state index is 10.6. The predicted molar refractivity (Wildman–Crippen MR) is 103 cm³/mol. The minimum Gasteiger partial charge on any atom is -0.425 e. The summed E-state index contributed by atoms with van der Waals surface area (Å²) >= 11 is 12.3. The molecule has 142 valence electrons. The van der Waals surface area contributed by atoms with Crippen LogP contribution in [0.1, 0.15) is 12.5 Å². The first-order valence-corrected chi connectivity index (χ1v) is 9.32. The second-order valence-corrected chi connectivity index (χ2v) is 7.48. The van der Waals surface area contributed by atoms with Gasteiger partial charge in [-0.15, -0.1) is 0 Å². The van der Waals surface area contributed by atoms with E-state index in [1.165, 1.54) is 0 Å². The number of halogens is 2. The molecule has 0 amide bonds. The van der Waals surface area contributed by atoms with Gasteiger partial charge in [0.05, 0.1) is 33.2 Å². The van der Waals surface area contributed by atoms with Crippen LogP contribution in [-0.4, -0.2) is 43.7 Å². The lowest BCUT2D eigenvalue weighted by Gasteiger charge is -2.21. The van der Waals surface area contributed by atoms with Crippen molar-refractivity contribution < 1.29 is 20.1 Å². The molecule has 27 heavy (non-hydrogen) atoms. The monoisotopic (exact) mass is 408 g/mol. The number of benzene rings is 2. The molecular formula is C19H18Cl2N2O4. The Morgan fingerprint density at radius 3 is 2.44 bits per heavy atom. The van der Waals surface area contributed by atoms with Crippen molar-refractivity contribution in [3.63, 3.8) is 0 Å². The lowest BCUT2D eigenvalue weighted by Crippen LogP contribution is -2.30. The van der Waals surface area contributed by atoms with Crippen LogP contribution in [-0.2, 0) is 0 Å². The topological polar surface area (TPSA) is 87.7 Å². The van der Waals surface area contributed by atoms with Crippen molar-refractivity contribution in [2.45, 2.75) is 24.7 Å². The van der Waals surface area contributed by atoms with Gasteiger partial charge in [-0.05, 0) is 30.7 Å². The van der Waals surface area contributed by atoms with Gasteiger partial charge in [0.1, 0.15) is 11.9 Å². The van der Waals surface area contributed by atoms with Crippen LogP contribution >= 0.6 is 23.2 Å². The van der Waals surface area contributed by atoms with Crippen LogP contribution in [0.25, 0.3) is 11.0 Å². The van der Waals surface area contributed by atoms with Crippen LogP contribution in [0.2, 0.25) is 10.0 Å². The second kappa shape index (κ2) is 7.30. The molecule has 8 heteroatoms. The van der Waals surface area contributed by atoms with E-state index in [9.17, 15) is 15.3 Å². The van der Waals surface area contributed by atoms with Crippen molar-refractivity contribution in [3.05, 3.63) is 52.5 Å². The highest BCUT2D eigenvalue weighted by Gasteiger charge is 2.43. The fourth-order valence-corrected chi connectivity index (χ4v) is 3.91. The second-order valence-electron chi connectivity index (χ2n) is 6.66. The molecule has 1 heterocycles. The van der Waals surface area contributed by atoms with Crippen LogP contribution in [0, 0.1) is 5.92 Å². The molecule has 1 fully saturated rings. The third-order valence-electron chi connectivity index (χ3n) is 4.99. The smallest absolute Gasteiger partial charge is 0.303 e. The summed E-state index contributed by atoms with van der Waals surface area (Å²) in [6.45, 7) is -0.219. The first-order valence-electron chi connectivity index (χ1n) is 8.56. The van der Waals surface area contributed by atoms with Crippen LogP contribution in [0.5, 0.6) is 11.8 Å². The summed E-state index contributed by atoms with van der Waals surface area (Å²) in [5.74, 6) is 0.146. The normalized spacial score (nSPS) is 25.2. The Morgan fingerprint density at radius 1 is 1.07 bits per heavy atom. The molecule has 4 atom stereocenters. The Kier molecular flexibility index (Phi) is 5.01. The molecule has 6 nitrogen and oxygen atoms in total. The molecule has 1 aromatic heterocycles. The number of aliphatic hydroxyl groups excluding tert-OH is 3. The van der Waals surface area contributed by atoms with Crippen LogP contribution in [0.15, 0.2) is 42.5 Å². The van der Waals surface area contributed by atoms with Gasteiger partial charge in [-0.1, -0.05) is 41.4 Å². The highest BCUT2D eigenvalue weighted by molar-refractivity contribution is 6.42. The largest absolute Gasteiger partial charge is 0.425 e. The van der Waals surface area contributed by atoms with E-state index >= 15 is 0 Å². The SMILES string of the molecule is OCC1C[C@H](n2c(Oc3ccccc3)nc3cc(Cl)c(Cl)cc32)C(O)C1O. The zero-order valence-corrected chi connectivity index (χ0v) is 15.7. The van der Waals surface area contributed by atoms with E-state index in [4.69, 9.17) is 27.9 Å². The molecule has 0 radical (unpaired) electrons. The van der Waals surface area contributed by atoms with Gasteiger partial charge in [-0.2, -0.15) is 4.98 Å². The van der Waals surface area contributed by atoms with Crippen LogP contribution in [0.4, 0.5) is 0 Å². The van der Waals surface area contributed by atoms with Gasteiger partial charge in [-0.25, -0.2) is 0 Å². The molecule has 0 spiro atoms. The lowest BCUT2D eigenvalue weighted by atomic mass is 10.1. The van der Waals surface area contributed by atoms with Gasteiger partial charge in [0.15, 0.2) is 0 Å². The Morgan fingerprint density at radius 2 is 1.78 bits per heavy atom. The number of ether oxygens (including phenoxy) is 1. The van der Waals surface area contributed by atoms with E-state index < -0.39 is 24.2 Å². The first kappa shape index (κ1) is 18.5. The molecule has 0 aliphatic heterocycles. The van der Waals surface area contributed by atoms with Gasteiger partial charge in [0.25, 0.3) is 0 Å². The van der Waals surface area contributed by atoms with Gasteiger partial charge in [-0.3, -0.25) is 4.57 Å². The minimum atomic E-state index is -1.08. The van der Waals surface area contributed by atoms with E-state index in [1.807, 2.05) is 18.2 Å². The summed E-state index contributed by atoms with van der Waals surface area (Å²) in [4.78, 5) is 4.51. The molecule has 3 N–H and O–H groups in total. The number of aliphatic hydroxyl groups is 3. The molecule has 2 aromatic carbocycles. The summed E-state index contributed by atoms with van der Waals surface area (Å²) in [6, 6.07) is 12.2. The van der Waals surface area contributed by atoms with Crippen molar-refractivity contribution >= 4 is 34.2 Å². The molecular weight excluding hydrogens is 391 g/mol. The Bertz CT molecular complexity index is 963. The first-order chi connectivity index (χ1) is 13.0. The van der Waals surface area contributed by atoms with Crippen LogP contribution < -0.4 is 4.74 Å². The fourth-order valence-electron chi connectivity index (χ4n) is 3.59. The molecule has 0 bridgehead atoms. The van der Waals surface area contributed by atoms with E-state index in [0.717, 1.165) is 0 Å². The van der Waals surface area contributed by atoms with Gasteiger partial charge in [0, 0.05) is 12.5 Å². The quantitative estimate of drug-likeness (QED) is 0.615. The number of aromatic nitrogens is 2. The van der Waals surface area contributed by atoms with Gasteiger partial charge >= 0.3 is 6.01 Å². The minimum absolute atomic E-state index is 0.219. The number of fused-ring (bicyclic) bond motifs is 1. The standard InChI is InChI=1S/C19H18Cl2N2O4/c20-12-7-14-15(8-13(12)21)23(16-6-10(9-24)17(25)18(16)26)19(22-14)27-11-4-2-1-3-5-11/h1-5,7-8,10,16-18,24-26H,6,9H2/t10?,16-,17?,18?/m0/s1. The van der Waals surface area contributed by atoms with Crippen molar-refractivity contribution in [1.29, 1.82) is 0 Å². The number of rotatable bonds is 4. The molecule has 1 aliphatic rings. The molecule has 1 aliphatic carbocycles. The van der Waals surface area contributed by atoms with Gasteiger partial charge < -0.3 is 20.1 Å². The van der Waals surface area contributed by atoms with E-state index in [-0.39, 0.29) is 12.6 Å². The molecule has 1 saturated carbocycles. The van der Waals surface area contributed by atoms with Crippen molar-refractivity contribution in [3.8, 4) is 11.8 Å². The molecule has 4 rings (SSSR count). The third-order valence-corrected chi connectivity index (χ3v) is 5.71. The van der Waals surface area contributed by atoms with Crippen molar-refractivity contribution in [2.75, 3.05) is 6.61 Å². The number of nitrogens with zero attached hydrogens (tertiary/aromatic N) is 2. The van der Waals surface area contributed by atoms with Crippen LogP contribution in [0.3, 0.4) is 0 Å². The summed E-state index contributed by atoms with van der Waals surface area (Å²) < 4.78 is 7.67. The predicted octanol–water partition coefficient (Wildman–Crippen LogP) is 3.41. The Hall–Kier alpha value is -1.83. The maximum absolute atomic E-state index is 10.6.